The maximum absolute atomic E-state index is 13.4. The predicted molar refractivity (Wildman–Crippen MR) is 82.8 cm³/mol. The third-order valence-corrected chi connectivity index (χ3v) is 3.22. The third kappa shape index (κ3) is 4.50. The lowest BCUT2D eigenvalue weighted by Crippen LogP contribution is -2.31. The number of benzene rings is 2. The lowest BCUT2D eigenvalue weighted by Gasteiger charge is -2.09. The molecule has 8 heteroatoms. The van der Waals surface area contributed by atoms with Gasteiger partial charge in [0.1, 0.15) is 17.3 Å². The average molecular weight is 335 g/mol. The molecule has 3 amide bonds. The van der Waals surface area contributed by atoms with Crippen molar-refractivity contribution in [3.8, 4) is 0 Å². The first-order valence-corrected chi connectivity index (χ1v) is 7.03. The Hall–Kier alpha value is -3.00. The molecular formula is C16H15F2N3O3. The van der Waals surface area contributed by atoms with Crippen LogP contribution in [0, 0.1) is 11.6 Å². The summed E-state index contributed by atoms with van der Waals surface area (Å²) in [7, 11) is 0. The zero-order valence-electron chi connectivity index (χ0n) is 12.5. The number of amides is 3. The van der Waals surface area contributed by atoms with Crippen molar-refractivity contribution in [2.24, 2.45) is 0 Å². The number of hydrogen-bond donors (Lipinski definition) is 4. The molecule has 4 N–H and O–H groups in total. The van der Waals surface area contributed by atoms with Gasteiger partial charge in [0.2, 0.25) is 0 Å². The van der Waals surface area contributed by atoms with Gasteiger partial charge in [0.25, 0.3) is 5.91 Å². The summed E-state index contributed by atoms with van der Waals surface area (Å²) in [6.07, 6.45) is 0.453. The number of urea groups is 1. The zero-order valence-corrected chi connectivity index (χ0v) is 12.5. The van der Waals surface area contributed by atoms with Gasteiger partial charge in [-0.05, 0) is 36.2 Å². The van der Waals surface area contributed by atoms with E-state index < -0.39 is 29.3 Å². The van der Waals surface area contributed by atoms with E-state index in [2.05, 4.69) is 10.6 Å². The summed E-state index contributed by atoms with van der Waals surface area (Å²) in [5.41, 5.74) is 2.15. The second kappa shape index (κ2) is 8.02. The minimum absolute atomic E-state index is 0.230. The number of para-hydroxylation sites is 1. The molecule has 0 bridgehead atoms. The van der Waals surface area contributed by atoms with Gasteiger partial charge in [-0.1, -0.05) is 18.2 Å². The SMILES string of the molecule is O=C(NCCc1ccc(C(=O)NO)cc1)Nc1c(F)cccc1F. The number of nitrogens with one attached hydrogen (secondary N) is 3. The van der Waals surface area contributed by atoms with Gasteiger partial charge in [-0.25, -0.2) is 19.1 Å². The van der Waals surface area contributed by atoms with Gasteiger partial charge in [0.15, 0.2) is 0 Å². The fourth-order valence-corrected chi connectivity index (χ4v) is 1.98. The lowest BCUT2D eigenvalue weighted by molar-refractivity contribution is 0.0706. The van der Waals surface area contributed by atoms with E-state index in [1.54, 1.807) is 12.1 Å². The van der Waals surface area contributed by atoms with Gasteiger partial charge >= 0.3 is 6.03 Å². The number of carbonyl (C=O) groups excluding carboxylic acids is 2. The quantitative estimate of drug-likeness (QED) is 0.500. The highest BCUT2D eigenvalue weighted by molar-refractivity contribution is 5.93. The molecular weight excluding hydrogens is 320 g/mol. The second-order valence-corrected chi connectivity index (χ2v) is 4.87. The van der Waals surface area contributed by atoms with Crippen molar-refractivity contribution in [2.75, 3.05) is 11.9 Å². The van der Waals surface area contributed by atoms with E-state index in [1.165, 1.54) is 23.7 Å². The Balaban J connectivity index is 1.83. The van der Waals surface area contributed by atoms with Crippen molar-refractivity contribution in [3.05, 3.63) is 65.2 Å². The summed E-state index contributed by atoms with van der Waals surface area (Å²) in [5.74, 6) is -2.34. The number of hydroxylamine groups is 1. The van der Waals surface area contributed by atoms with Crippen molar-refractivity contribution in [1.29, 1.82) is 0 Å². The monoisotopic (exact) mass is 335 g/mol. The van der Waals surface area contributed by atoms with Crippen molar-refractivity contribution >= 4 is 17.6 Å². The Labute approximate surface area is 136 Å². The Morgan fingerprint density at radius 2 is 1.62 bits per heavy atom. The van der Waals surface area contributed by atoms with Crippen molar-refractivity contribution in [3.63, 3.8) is 0 Å². The molecule has 0 unspecified atom stereocenters. The molecule has 0 radical (unpaired) electrons. The van der Waals surface area contributed by atoms with Crippen LogP contribution in [-0.4, -0.2) is 23.7 Å². The van der Waals surface area contributed by atoms with Crippen LogP contribution in [0.25, 0.3) is 0 Å². The van der Waals surface area contributed by atoms with Crippen molar-refractivity contribution in [1.82, 2.24) is 10.8 Å². The Kier molecular flexibility index (Phi) is 5.80. The summed E-state index contributed by atoms with van der Waals surface area (Å²) in [6, 6.07) is 8.95. The molecule has 0 aliphatic rings. The Morgan fingerprint density at radius 1 is 1.00 bits per heavy atom. The maximum atomic E-state index is 13.4. The summed E-state index contributed by atoms with van der Waals surface area (Å²) in [5, 5.41) is 13.1. The first-order chi connectivity index (χ1) is 11.5. The molecule has 2 rings (SSSR count). The van der Waals surface area contributed by atoms with Crippen LogP contribution in [0.5, 0.6) is 0 Å². The minimum Gasteiger partial charge on any atom is -0.338 e. The number of halogens is 2. The van der Waals surface area contributed by atoms with Crippen molar-refractivity contribution < 1.29 is 23.6 Å². The van der Waals surface area contributed by atoms with E-state index in [0.29, 0.717) is 12.0 Å². The molecule has 0 heterocycles. The molecule has 126 valence electrons. The smallest absolute Gasteiger partial charge is 0.319 e. The van der Waals surface area contributed by atoms with Gasteiger partial charge in [-0.3, -0.25) is 10.0 Å². The van der Waals surface area contributed by atoms with E-state index in [-0.39, 0.29) is 6.54 Å². The zero-order chi connectivity index (χ0) is 17.5. The molecule has 0 aliphatic heterocycles. The highest BCUT2D eigenvalue weighted by atomic mass is 19.1. The van der Waals surface area contributed by atoms with E-state index >= 15 is 0 Å². The Morgan fingerprint density at radius 3 is 2.21 bits per heavy atom. The van der Waals surface area contributed by atoms with Gasteiger partial charge in [-0.15, -0.1) is 0 Å². The number of hydrogen-bond acceptors (Lipinski definition) is 3. The largest absolute Gasteiger partial charge is 0.338 e. The highest BCUT2D eigenvalue weighted by Gasteiger charge is 2.11. The van der Waals surface area contributed by atoms with E-state index in [0.717, 1.165) is 17.7 Å². The number of rotatable bonds is 5. The average Bonchev–Trinajstić information content (AvgIpc) is 2.58. The van der Waals surface area contributed by atoms with Crippen LogP contribution in [0.2, 0.25) is 0 Å². The molecule has 6 nitrogen and oxygen atoms in total. The Bertz CT molecular complexity index is 716. The first-order valence-electron chi connectivity index (χ1n) is 7.03. The molecule has 0 aromatic heterocycles. The van der Waals surface area contributed by atoms with Crippen LogP contribution in [0.3, 0.4) is 0 Å². The normalized spacial score (nSPS) is 10.1. The number of carbonyl (C=O) groups is 2. The third-order valence-electron chi connectivity index (χ3n) is 3.22. The molecule has 0 saturated heterocycles. The molecule has 2 aromatic rings. The summed E-state index contributed by atoms with van der Waals surface area (Å²) < 4.78 is 26.8. The summed E-state index contributed by atoms with van der Waals surface area (Å²) in [4.78, 5) is 22.8. The van der Waals surface area contributed by atoms with Gasteiger partial charge in [-0.2, -0.15) is 0 Å². The summed E-state index contributed by atoms with van der Waals surface area (Å²) in [6.45, 7) is 0.230. The van der Waals surface area contributed by atoms with Crippen LogP contribution in [0.1, 0.15) is 15.9 Å². The fourth-order valence-electron chi connectivity index (χ4n) is 1.98. The van der Waals surface area contributed by atoms with E-state index in [4.69, 9.17) is 5.21 Å². The number of anilines is 1. The van der Waals surface area contributed by atoms with Crippen LogP contribution < -0.4 is 16.1 Å². The topological polar surface area (TPSA) is 90.5 Å². The van der Waals surface area contributed by atoms with Crippen LogP contribution >= 0.6 is 0 Å². The minimum atomic E-state index is -0.858. The maximum Gasteiger partial charge on any atom is 0.319 e. The fraction of sp³-hybridized carbons (Fsp3) is 0.125. The van der Waals surface area contributed by atoms with E-state index in [9.17, 15) is 18.4 Å². The molecule has 24 heavy (non-hydrogen) atoms. The standard InChI is InChI=1S/C16H15F2N3O3/c17-12-2-1-3-13(18)14(12)20-16(23)19-9-8-10-4-6-11(7-5-10)15(22)21-24/h1-7,24H,8-9H2,(H,21,22)(H2,19,20,23). The van der Waals surface area contributed by atoms with Gasteiger partial charge in [0, 0.05) is 12.1 Å². The summed E-state index contributed by atoms with van der Waals surface area (Å²) >= 11 is 0. The molecule has 0 aliphatic carbocycles. The van der Waals surface area contributed by atoms with E-state index in [1.807, 2.05) is 0 Å². The van der Waals surface area contributed by atoms with Crippen LogP contribution in [0.4, 0.5) is 19.3 Å². The molecule has 0 atom stereocenters. The molecule has 0 saturated carbocycles. The van der Waals surface area contributed by atoms with Crippen LogP contribution in [-0.2, 0) is 6.42 Å². The second-order valence-electron chi connectivity index (χ2n) is 4.87. The highest BCUT2D eigenvalue weighted by Crippen LogP contribution is 2.17. The van der Waals surface area contributed by atoms with Gasteiger partial charge in [0.05, 0.1) is 0 Å². The van der Waals surface area contributed by atoms with Crippen molar-refractivity contribution in [2.45, 2.75) is 6.42 Å². The first kappa shape index (κ1) is 17.4. The van der Waals surface area contributed by atoms with Gasteiger partial charge < -0.3 is 10.6 Å². The molecule has 2 aromatic carbocycles. The lowest BCUT2D eigenvalue weighted by atomic mass is 10.1. The molecule has 0 spiro atoms. The predicted octanol–water partition coefficient (Wildman–Crippen LogP) is 2.45. The molecule has 0 fully saturated rings. The van der Waals surface area contributed by atoms with Crippen LogP contribution in [0.15, 0.2) is 42.5 Å².